The van der Waals surface area contributed by atoms with Crippen LogP contribution in [0.15, 0.2) is 17.6 Å². The van der Waals surface area contributed by atoms with Crippen molar-refractivity contribution in [3.8, 4) is 0 Å². The Morgan fingerprint density at radius 2 is 2.00 bits per heavy atom. The quantitative estimate of drug-likeness (QED) is 0.592. The molecule has 0 aliphatic carbocycles. The Bertz CT molecular complexity index is 619. The predicted molar refractivity (Wildman–Crippen MR) is 79.8 cm³/mol. The van der Waals surface area contributed by atoms with Gasteiger partial charge in [0, 0.05) is 6.92 Å². The van der Waals surface area contributed by atoms with Gasteiger partial charge in [-0.25, -0.2) is 4.98 Å². The summed E-state index contributed by atoms with van der Waals surface area (Å²) in [5.74, 6) is 0. The Kier molecular flexibility index (Phi) is 2.72. The second kappa shape index (κ2) is 3.98. The van der Waals surface area contributed by atoms with Crippen LogP contribution in [0.1, 0.15) is 26.3 Å². The van der Waals surface area contributed by atoms with Gasteiger partial charge in [0.1, 0.15) is 5.60 Å². The lowest BCUT2D eigenvalue weighted by Crippen LogP contribution is -2.42. The number of hydrogen-bond donors (Lipinski definition) is 0. The van der Waals surface area contributed by atoms with Gasteiger partial charge in [0.2, 0.25) is 5.60 Å². The van der Waals surface area contributed by atoms with E-state index in [4.69, 9.17) is 9.31 Å². The molecule has 1 aliphatic heterocycles. The van der Waals surface area contributed by atoms with Gasteiger partial charge in [-0.2, -0.15) is 0 Å². The Morgan fingerprint density at radius 1 is 1.26 bits per heavy atom. The van der Waals surface area contributed by atoms with Crippen molar-refractivity contribution in [2.24, 2.45) is 0 Å². The molecule has 5 heteroatoms. The van der Waals surface area contributed by atoms with Gasteiger partial charge in [0.25, 0.3) is 0 Å². The predicted octanol–water partition coefficient (Wildman–Crippen LogP) is 2.72. The standard InChI is InChI=1S/C14H17BNO2S/c1-9-6-12-11(16-8-19-12)7-10(9)15-17-13(2,3)14(4,5)18-15/h6-8H,2H2,1,3-5H3/q+1. The molecule has 3 rings (SSSR count). The van der Waals surface area contributed by atoms with Crippen molar-refractivity contribution in [1.29, 1.82) is 0 Å². The fraction of sp³-hybridized carbons (Fsp3) is 0.429. The van der Waals surface area contributed by atoms with Crippen molar-refractivity contribution >= 4 is 34.1 Å². The molecule has 0 radical (unpaired) electrons. The lowest BCUT2D eigenvalue weighted by atomic mass is 9.76. The van der Waals surface area contributed by atoms with E-state index in [0.29, 0.717) is 0 Å². The van der Waals surface area contributed by atoms with Crippen LogP contribution in [0, 0.1) is 13.8 Å². The molecule has 0 bridgehead atoms. The molecule has 2 aromatic rings. The monoisotopic (exact) mass is 274 g/mol. The van der Waals surface area contributed by atoms with Crippen LogP contribution in [0.2, 0.25) is 0 Å². The molecule has 0 amide bonds. The van der Waals surface area contributed by atoms with Crippen molar-refractivity contribution < 1.29 is 9.31 Å². The first-order valence-electron chi connectivity index (χ1n) is 6.35. The molecule has 98 valence electrons. The summed E-state index contributed by atoms with van der Waals surface area (Å²) in [5.41, 5.74) is 4.09. The summed E-state index contributed by atoms with van der Waals surface area (Å²) in [7, 11) is -0.372. The van der Waals surface area contributed by atoms with Crippen LogP contribution in [-0.2, 0) is 9.31 Å². The lowest BCUT2D eigenvalue weighted by molar-refractivity contribution is 0.0262. The highest BCUT2D eigenvalue weighted by Crippen LogP contribution is 2.36. The average molecular weight is 274 g/mol. The molecule has 0 N–H and O–H groups in total. The minimum atomic E-state index is -0.554. The van der Waals surface area contributed by atoms with E-state index >= 15 is 0 Å². The fourth-order valence-corrected chi connectivity index (χ4v) is 2.95. The van der Waals surface area contributed by atoms with Crippen LogP contribution in [0.5, 0.6) is 0 Å². The smallest absolute Gasteiger partial charge is 0.395 e. The molecular weight excluding hydrogens is 257 g/mol. The molecule has 1 aromatic heterocycles. The highest BCUT2D eigenvalue weighted by molar-refractivity contribution is 7.16. The van der Waals surface area contributed by atoms with E-state index in [1.54, 1.807) is 11.3 Å². The molecule has 3 nitrogen and oxygen atoms in total. The first kappa shape index (κ1) is 13.0. The van der Waals surface area contributed by atoms with Crippen LogP contribution in [-0.4, -0.2) is 23.3 Å². The van der Waals surface area contributed by atoms with Crippen molar-refractivity contribution in [3.05, 3.63) is 30.1 Å². The minimum Gasteiger partial charge on any atom is -0.395 e. The molecule has 1 unspecified atom stereocenters. The summed E-state index contributed by atoms with van der Waals surface area (Å²) in [6.07, 6.45) is 0. The first-order valence-corrected chi connectivity index (χ1v) is 7.23. The Morgan fingerprint density at radius 3 is 2.63 bits per heavy atom. The second-order valence-electron chi connectivity index (χ2n) is 5.84. The SMILES string of the molecule is [CH2+]C1(C)OB(c2cc3ncsc3cc2C)OC1(C)C. The number of hydrogen-bond acceptors (Lipinski definition) is 4. The Labute approximate surface area is 118 Å². The van der Waals surface area contributed by atoms with E-state index < -0.39 is 11.2 Å². The van der Waals surface area contributed by atoms with Crippen LogP contribution in [0.25, 0.3) is 10.2 Å². The van der Waals surface area contributed by atoms with Gasteiger partial charge in [-0.05, 0) is 43.9 Å². The minimum absolute atomic E-state index is 0.372. The first-order chi connectivity index (χ1) is 8.80. The molecule has 0 spiro atoms. The summed E-state index contributed by atoms with van der Waals surface area (Å²) < 4.78 is 13.2. The third kappa shape index (κ3) is 1.97. The zero-order valence-corrected chi connectivity index (χ0v) is 12.5. The van der Waals surface area contributed by atoms with Gasteiger partial charge in [-0.15, -0.1) is 11.3 Å². The number of thiazole rings is 1. The number of aromatic nitrogens is 1. The van der Waals surface area contributed by atoms with Gasteiger partial charge in [0.05, 0.1) is 22.7 Å². The summed E-state index contributed by atoms with van der Waals surface area (Å²) in [6, 6.07) is 4.20. The maximum Gasteiger partial charge on any atom is 0.498 e. The number of fused-ring (bicyclic) bond motifs is 1. The van der Waals surface area contributed by atoms with E-state index in [0.717, 1.165) is 16.5 Å². The topological polar surface area (TPSA) is 31.4 Å². The summed E-state index contributed by atoms with van der Waals surface area (Å²) >= 11 is 1.65. The average Bonchev–Trinajstić information content (AvgIpc) is 2.80. The summed E-state index contributed by atoms with van der Waals surface area (Å²) in [5, 5.41) is 0. The number of benzene rings is 1. The third-order valence-corrected chi connectivity index (χ3v) is 4.81. The zero-order valence-electron chi connectivity index (χ0n) is 11.7. The lowest BCUT2D eigenvalue weighted by Gasteiger charge is -2.25. The van der Waals surface area contributed by atoms with Crippen LogP contribution in [0.3, 0.4) is 0 Å². The molecule has 1 aromatic carbocycles. The van der Waals surface area contributed by atoms with Crippen LogP contribution >= 0.6 is 11.3 Å². The highest BCUT2D eigenvalue weighted by atomic mass is 32.1. The van der Waals surface area contributed by atoms with Crippen molar-refractivity contribution in [3.63, 3.8) is 0 Å². The van der Waals surface area contributed by atoms with Crippen LogP contribution in [0.4, 0.5) is 0 Å². The molecule has 2 heterocycles. The van der Waals surface area contributed by atoms with E-state index in [-0.39, 0.29) is 7.12 Å². The molecule has 1 aliphatic rings. The van der Waals surface area contributed by atoms with Gasteiger partial charge >= 0.3 is 7.12 Å². The molecule has 19 heavy (non-hydrogen) atoms. The maximum atomic E-state index is 6.05. The van der Waals surface area contributed by atoms with Crippen LogP contribution < -0.4 is 5.46 Å². The zero-order chi connectivity index (χ0) is 13.8. The number of rotatable bonds is 1. The molecule has 0 saturated carbocycles. The van der Waals surface area contributed by atoms with E-state index in [2.05, 4.69) is 31.0 Å². The fourth-order valence-electron chi connectivity index (χ4n) is 2.20. The highest BCUT2D eigenvalue weighted by Gasteiger charge is 2.57. The van der Waals surface area contributed by atoms with Crippen molar-refractivity contribution in [2.75, 3.05) is 0 Å². The van der Waals surface area contributed by atoms with E-state index in [1.165, 1.54) is 4.70 Å². The molecule has 1 saturated heterocycles. The largest absolute Gasteiger partial charge is 0.498 e. The molecular formula is C14H17BNO2S+. The third-order valence-electron chi connectivity index (χ3n) is 4.02. The van der Waals surface area contributed by atoms with Gasteiger partial charge < -0.3 is 9.31 Å². The maximum absolute atomic E-state index is 6.05. The Hall–Kier alpha value is -1.04. The molecule has 1 fully saturated rings. The van der Waals surface area contributed by atoms with Gasteiger partial charge in [0.15, 0.2) is 0 Å². The normalized spacial score (nSPS) is 26.2. The van der Waals surface area contributed by atoms with Crippen molar-refractivity contribution in [1.82, 2.24) is 4.98 Å². The van der Waals surface area contributed by atoms with Crippen molar-refractivity contribution in [2.45, 2.75) is 38.9 Å². The number of aryl methyl sites for hydroxylation is 1. The summed E-state index contributed by atoms with van der Waals surface area (Å²) in [4.78, 5) is 4.36. The second-order valence-corrected chi connectivity index (χ2v) is 6.72. The number of nitrogens with zero attached hydrogens (tertiary/aromatic N) is 1. The van der Waals surface area contributed by atoms with E-state index in [1.807, 2.05) is 26.3 Å². The molecule has 1 atom stereocenters. The summed E-state index contributed by atoms with van der Waals surface area (Å²) in [6.45, 7) is 12.2. The van der Waals surface area contributed by atoms with Gasteiger partial charge in [-0.3, -0.25) is 0 Å². The Balaban J connectivity index is 2.04. The van der Waals surface area contributed by atoms with E-state index in [9.17, 15) is 0 Å². The van der Waals surface area contributed by atoms with Gasteiger partial charge in [-0.1, -0.05) is 0 Å².